The van der Waals surface area contributed by atoms with Crippen molar-refractivity contribution >= 4 is 0 Å². The van der Waals surface area contributed by atoms with E-state index in [-0.39, 0.29) is 12.5 Å². The van der Waals surface area contributed by atoms with Crippen molar-refractivity contribution in [2.24, 2.45) is 11.7 Å². The Morgan fingerprint density at radius 2 is 1.65 bits per heavy atom. The molecule has 0 saturated heterocycles. The predicted octanol–water partition coefficient (Wildman–Crippen LogP) is 3.48. The Hall–Kier alpha value is -0.890. The Morgan fingerprint density at radius 3 is 2.00 bits per heavy atom. The number of alkyl halides is 1. The lowest BCUT2D eigenvalue weighted by Gasteiger charge is -2.29. The molecular weight excluding hydrogens is 213 g/mol. The first-order valence-corrected chi connectivity index (χ1v) is 6.26. The van der Waals surface area contributed by atoms with Crippen molar-refractivity contribution in [3.63, 3.8) is 0 Å². The fourth-order valence-electron chi connectivity index (χ4n) is 2.29. The molecule has 1 aromatic rings. The Balaban J connectivity index is 3.10. The van der Waals surface area contributed by atoms with Gasteiger partial charge in [0.2, 0.25) is 0 Å². The summed E-state index contributed by atoms with van der Waals surface area (Å²) in [7, 11) is 0. The van der Waals surface area contributed by atoms with Gasteiger partial charge in [0.05, 0.1) is 0 Å². The van der Waals surface area contributed by atoms with E-state index in [1.807, 2.05) is 27.7 Å². The van der Waals surface area contributed by atoms with E-state index < -0.39 is 5.67 Å². The van der Waals surface area contributed by atoms with Crippen LogP contribution in [-0.2, 0) is 6.42 Å². The molecule has 0 amide bonds. The van der Waals surface area contributed by atoms with Crippen LogP contribution in [0.15, 0.2) is 12.1 Å². The monoisotopic (exact) mass is 237 g/mol. The van der Waals surface area contributed by atoms with Crippen LogP contribution >= 0.6 is 0 Å². The summed E-state index contributed by atoms with van der Waals surface area (Å²) in [5.41, 5.74) is 8.98. The normalized spacial score (nSPS) is 15.1. The molecule has 0 radical (unpaired) electrons. The van der Waals surface area contributed by atoms with Crippen LogP contribution in [0.4, 0.5) is 4.39 Å². The Labute approximate surface area is 104 Å². The second-order valence-corrected chi connectivity index (χ2v) is 5.45. The zero-order valence-corrected chi connectivity index (χ0v) is 11.6. The van der Waals surface area contributed by atoms with Crippen molar-refractivity contribution in [3.05, 3.63) is 34.4 Å². The number of aryl methyl sites for hydroxylation is 3. The second kappa shape index (κ2) is 5.18. The van der Waals surface area contributed by atoms with E-state index in [9.17, 15) is 4.39 Å². The van der Waals surface area contributed by atoms with E-state index in [0.717, 1.165) is 5.56 Å². The zero-order valence-electron chi connectivity index (χ0n) is 11.6. The molecule has 0 aliphatic heterocycles. The summed E-state index contributed by atoms with van der Waals surface area (Å²) in [5.74, 6) is -0.0624. The summed E-state index contributed by atoms with van der Waals surface area (Å²) in [6, 6.07) is 4.22. The molecule has 1 rings (SSSR count). The first-order valence-electron chi connectivity index (χ1n) is 6.26. The topological polar surface area (TPSA) is 26.0 Å². The minimum absolute atomic E-state index is 0.0624. The number of nitrogens with two attached hydrogens (primary N) is 1. The van der Waals surface area contributed by atoms with Gasteiger partial charge in [0.1, 0.15) is 5.67 Å². The Morgan fingerprint density at radius 1 is 1.18 bits per heavy atom. The Kier molecular flexibility index (Phi) is 4.31. The first kappa shape index (κ1) is 14.2. The highest BCUT2D eigenvalue weighted by atomic mass is 19.1. The van der Waals surface area contributed by atoms with E-state index in [2.05, 4.69) is 19.1 Å². The molecule has 1 unspecified atom stereocenters. The van der Waals surface area contributed by atoms with Crippen LogP contribution in [0.1, 0.15) is 36.1 Å². The maximum absolute atomic E-state index is 14.7. The molecule has 0 aliphatic rings. The lowest BCUT2D eigenvalue weighted by atomic mass is 9.83. The smallest absolute Gasteiger partial charge is 0.129 e. The molecule has 0 aromatic heterocycles. The lowest BCUT2D eigenvalue weighted by Crippen LogP contribution is -2.40. The van der Waals surface area contributed by atoms with Gasteiger partial charge in [-0.25, -0.2) is 4.39 Å². The van der Waals surface area contributed by atoms with Gasteiger partial charge in [-0.05, 0) is 43.4 Å². The fraction of sp³-hybridized carbons (Fsp3) is 0.600. The third-order valence-electron chi connectivity index (χ3n) is 3.69. The predicted molar refractivity (Wildman–Crippen MR) is 72.1 cm³/mol. The summed E-state index contributed by atoms with van der Waals surface area (Å²) in [4.78, 5) is 0. The molecule has 2 N–H and O–H groups in total. The van der Waals surface area contributed by atoms with Gasteiger partial charge in [-0.15, -0.1) is 0 Å². The summed E-state index contributed by atoms with van der Waals surface area (Å²) in [6.45, 7) is 10.0. The molecular formula is C15H24FN. The SMILES string of the molecule is Cc1cc(C)c(CC(F)(CN)C(C)C)c(C)c1. The molecule has 1 nitrogen and oxygen atoms in total. The van der Waals surface area contributed by atoms with E-state index in [1.54, 1.807) is 0 Å². The van der Waals surface area contributed by atoms with Crippen LogP contribution < -0.4 is 5.73 Å². The van der Waals surface area contributed by atoms with Crippen molar-refractivity contribution < 1.29 is 4.39 Å². The van der Waals surface area contributed by atoms with Gasteiger partial charge in [0, 0.05) is 13.0 Å². The minimum Gasteiger partial charge on any atom is -0.328 e. The molecule has 2 heteroatoms. The van der Waals surface area contributed by atoms with Crippen LogP contribution in [-0.4, -0.2) is 12.2 Å². The fourth-order valence-corrected chi connectivity index (χ4v) is 2.29. The van der Waals surface area contributed by atoms with Crippen molar-refractivity contribution in [2.45, 2.75) is 46.7 Å². The zero-order chi connectivity index (χ0) is 13.2. The standard InChI is InChI=1S/C15H24FN/c1-10(2)15(16,9-17)8-14-12(4)6-11(3)7-13(14)5/h6-7,10H,8-9,17H2,1-5H3. The summed E-state index contributed by atoms with van der Waals surface area (Å²) >= 11 is 0. The molecule has 1 aromatic carbocycles. The molecule has 1 atom stereocenters. The number of hydrogen-bond acceptors (Lipinski definition) is 1. The summed E-state index contributed by atoms with van der Waals surface area (Å²) < 4.78 is 14.7. The maximum Gasteiger partial charge on any atom is 0.129 e. The van der Waals surface area contributed by atoms with Gasteiger partial charge in [-0.1, -0.05) is 31.5 Å². The number of rotatable bonds is 4. The molecule has 0 saturated carbocycles. The number of hydrogen-bond donors (Lipinski definition) is 1. The van der Waals surface area contributed by atoms with Crippen molar-refractivity contribution in [1.29, 1.82) is 0 Å². The van der Waals surface area contributed by atoms with Gasteiger partial charge < -0.3 is 5.73 Å². The minimum atomic E-state index is -1.30. The van der Waals surface area contributed by atoms with Crippen molar-refractivity contribution in [3.8, 4) is 0 Å². The maximum atomic E-state index is 14.7. The van der Waals surface area contributed by atoms with Crippen LogP contribution in [0.3, 0.4) is 0 Å². The molecule has 96 valence electrons. The van der Waals surface area contributed by atoms with E-state index in [0.29, 0.717) is 6.42 Å². The first-order chi connectivity index (χ1) is 7.80. The van der Waals surface area contributed by atoms with Gasteiger partial charge in [-0.3, -0.25) is 0 Å². The molecule has 0 aliphatic carbocycles. The quantitative estimate of drug-likeness (QED) is 0.852. The van der Waals surface area contributed by atoms with Crippen molar-refractivity contribution in [2.75, 3.05) is 6.54 Å². The van der Waals surface area contributed by atoms with E-state index >= 15 is 0 Å². The van der Waals surface area contributed by atoms with Crippen molar-refractivity contribution in [1.82, 2.24) is 0 Å². The summed E-state index contributed by atoms with van der Waals surface area (Å²) in [6.07, 6.45) is 0.416. The van der Waals surface area contributed by atoms with Gasteiger partial charge >= 0.3 is 0 Å². The van der Waals surface area contributed by atoms with Crippen LogP contribution in [0, 0.1) is 26.7 Å². The van der Waals surface area contributed by atoms with Gasteiger partial charge in [0.15, 0.2) is 0 Å². The highest BCUT2D eigenvalue weighted by molar-refractivity contribution is 5.38. The van der Waals surface area contributed by atoms with Gasteiger partial charge in [0.25, 0.3) is 0 Å². The summed E-state index contributed by atoms with van der Waals surface area (Å²) in [5, 5.41) is 0. The van der Waals surface area contributed by atoms with E-state index in [4.69, 9.17) is 5.73 Å². The molecule has 0 heterocycles. The number of halogens is 1. The Bertz CT molecular complexity index is 375. The highest BCUT2D eigenvalue weighted by Gasteiger charge is 2.33. The largest absolute Gasteiger partial charge is 0.328 e. The molecule has 0 bridgehead atoms. The number of benzene rings is 1. The average molecular weight is 237 g/mol. The molecule has 0 fully saturated rings. The third kappa shape index (κ3) is 3.06. The second-order valence-electron chi connectivity index (χ2n) is 5.45. The van der Waals surface area contributed by atoms with Crippen LogP contribution in [0.25, 0.3) is 0 Å². The molecule has 17 heavy (non-hydrogen) atoms. The van der Waals surface area contributed by atoms with Crippen LogP contribution in [0.2, 0.25) is 0 Å². The average Bonchev–Trinajstić information content (AvgIpc) is 2.22. The van der Waals surface area contributed by atoms with E-state index in [1.165, 1.54) is 16.7 Å². The highest BCUT2D eigenvalue weighted by Crippen LogP contribution is 2.29. The van der Waals surface area contributed by atoms with Crippen LogP contribution in [0.5, 0.6) is 0 Å². The third-order valence-corrected chi connectivity index (χ3v) is 3.69. The lowest BCUT2D eigenvalue weighted by molar-refractivity contribution is 0.110. The van der Waals surface area contributed by atoms with Gasteiger partial charge in [-0.2, -0.15) is 0 Å². The molecule has 0 spiro atoms.